The molecule has 0 aromatic carbocycles. The van der Waals surface area contributed by atoms with Gasteiger partial charge in [-0.2, -0.15) is 0 Å². The Kier molecular flexibility index (Phi) is 4.80. The predicted molar refractivity (Wildman–Crippen MR) is 96.6 cm³/mol. The molecule has 0 radical (unpaired) electrons. The lowest BCUT2D eigenvalue weighted by molar-refractivity contribution is -0.126. The molecule has 2 aliphatic carbocycles. The Morgan fingerprint density at radius 3 is 2.64 bits per heavy atom. The van der Waals surface area contributed by atoms with E-state index < -0.39 is 6.04 Å². The fourth-order valence-corrected chi connectivity index (χ4v) is 4.68. The van der Waals surface area contributed by atoms with Crippen molar-refractivity contribution in [3.63, 3.8) is 0 Å². The van der Waals surface area contributed by atoms with Crippen molar-refractivity contribution < 1.29 is 9.59 Å². The van der Waals surface area contributed by atoms with Crippen LogP contribution in [0, 0.1) is 0 Å². The van der Waals surface area contributed by atoms with E-state index in [2.05, 4.69) is 14.9 Å². The van der Waals surface area contributed by atoms with Crippen LogP contribution in [-0.2, 0) is 4.79 Å². The number of aromatic nitrogens is 2. The molecule has 1 unspecified atom stereocenters. The van der Waals surface area contributed by atoms with Crippen LogP contribution in [0.4, 0.5) is 0 Å². The van der Waals surface area contributed by atoms with Gasteiger partial charge in [-0.15, -0.1) is 16.4 Å². The number of carbonyl (C=O) groups excluding carboxylic acids is 2. The Bertz CT molecular complexity index is 722. The summed E-state index contributed by atoms with van der Waals surface area (Å²) in [7, 11) is 0. The van der Waals surface area contributed by atoms with Crippen LogP contribution in [0.1, 0.15) is 59.9 Å². The zero-order valence-corrected chi connectivity index (χ0v) is 15.4. The second kappa shape index (κ2) is 7.21. The number of nitrogens with zero attached hydrogens (tertiary/aromatic N) is 3. The van der Waals surface area contributed by atoms with Gasteiger partial charge in [-0.1, -0.05) is 23.4 Å². The second-order valence-corrected chi connectivity index (χ2v) is 8.23. The van der Waals surface area contributed by atoms with E-state index in [0.29, 0.717) is 5.69 Å². The lowest BCUT2D eigenvalue weighted by Gasteiger charge is -2.30. The Labute approximate surface area is 154 Å². The van der Waals surface area contributed by atoms with Gasteiger partial charge in [-0.25, -0.2) is 0 Å². The van der Waals surface area contributed by atoms with Crippen LogP contribution in [0.25, 0.3) is 0 Å². The number of carbonyl (C=O) groups is 2. The van der Waals surface area contributed by atoms with Crippen LogP contribution in [0.15, 0.2) is 22.9 Å². The Hall–Kier alpha value is -1.80. The van der Waals surface area contributed by atoms with E-state index in [0.717, 1.165) is 54.9 Å². The molecule has 6 nitrogen and oxygen atoms in total. The van der Waals surface area contributed by atoms with E-state index in [-0.39, 0.29) is 23.9 Å². The Morgan fingerprint density at radius 2 is 2.04 bits per heavy atom. The third-order valence-corrected chi connectivity index (χ3v) is 6.22. The molecule has 8 heteroatoms. The van der Waals surface area contributed by atoms with E-state index in [1.165, 1.54) is 11.3 Å². The number of hydrogen-bond donors (Lipinski definition) is 1. The summed E-state index contributed by atoms with van der Waals surface area (Å²) >= 11 is 2.67. The summed E-state index contributed by atoms with van der Waals surface area (Å²) in [5.74, 6) is -0.269. The van der Waals surface area contributed by atoms with Gasteiger partial charge in [-0.05, 0) is 48.7 Å². The highest BCUT2D eigenvalue weighted by atomic mass is 32.1. The molecule has 2 amide bonds. The maximum absolute atomic E-state index is 13.1. The van der Waals surface area contributed by atoms with Crippen molar-refractivity contribution in [2.45, 2.75) is 56.7 Å². The third kappa shape index (κ3) is 3.59. The van der Waals surface area contributed by atoms with E-state index in [4.69, 9.17) is 0 Å². The fourth-order valence-electron chi connectivity index (χ4n) is 3.43. The van der Waals surface area contributed by atoms with Crippen LogP contribution in [-0.4, -0.2) is 38.4 Å². The molecule has 132 valence electrons. The van der Waals surface area contributed by atoms with E-state index in [1.807, 2.05) is 17.5 Å². The number of nitrogens with one attached hydrogen (secondary N) is 1. The zero-order chi connectivity index (χ0) is 17.2. The smallest absolute Gasteiger partial charge is 0.276 e. The van der Waals surface area contributed by atoms with E-state index in [1.54, 1.807) is 10.3 Å². The van der Waals surface area contributed by atoms with Crippen molar-refractivity contribution in [2.24, 2.45) is 0 Å². The van der Waals surface area contributed by atoms with Crippen molar-refractivity contribution in [1.82, 2.24) is 19.8 Å². The minimum Gasteiger partial charge on any atom is -0.351 e. The molecule has 2 heterocycles. The first-order valence-electron chi connectivity index (χ1n) is 8.67. The van der Waals surface area contributed by atoms with Gasteiger partial charge in [0.05, 0.1) is 0 Å². The molecule has 25 heavy (non-hydrogen) atoms. The van der Waals surface area contributed by atoms with E-state index >= 15 is 0 Å². The van der Waals surface area contributed by atoms with Gasteiger partial charge in [0.15, 0.2) is 5.69 Å². The van der Waals surface area contributed by atoms with Crippen molar-refractivity contribution in [1.29, 1.82) is 0 Å². The molecule has 2 fully saturated rings. The number of amides is 2. The largest absolute Gasteiger partial charge is 0.351 e. The molecule has 4 rings (SSSR count). The van der Waals surface area contributed by atoms with Crippen molar-refractivity contribution in [3.8, 4) is 0 Å². The minimum atomic E-state index is -0.581. The summed E-state index contributed by atoms with van der Waals surface area (Å²) in [4.78, 5) is 28.8. The van der Waals surface area contributed by atoms with Gasteiger partial charge in [0.1, 0.15) is 6.04 Å². The molecule has 0 spiro atoms. The number of hydrogen-bond acceptors (Lipinski definition) is 6. The van der Waals surface area contributed by atoms with Gasteiger partial charge < -0.3 is 10.2 Å². The Morgan fingerprint density at radius 1 is 1.24 bits per heavy atom. The predicted octanol–water partition coefficient (Wildman–Crippen LogP) is 3.00. The maximum Gasteiger partial charge on any atom is 0.276 e. The molecular formula is C17H20N4O2S2. The van der Waals surface area contributed by atoms with Crippen LogP contribution in [0.3, 0.4) is 0 Å². The first kappa shape index (κ1) is 16.7. The van der Waals surface area contributed by atoms with Crippen LogP contribution >= 0.6 is 22.9 Å². The highest BCUT2D eigenvalue weighted by molar-refractivity contribution is 7.10. The molecule has 2 aliphatic rings. The highest BCUT2D eigenvalue weighted by Gasteiger charge is 2.43. The standard InChI is InChI=1S/C17H20N4O2S2/c22-16(18-11-4-1-2-5-11)15(14-6-3-9-24-14)21(12-7-8-12)17(23)13-10-25-20-19-13/h3,6,9-12,15H,1-2,4-5,7-8H2,(H,18,22). The van der Waals surface area contributed by atoms with Crippen LogP contribution in [0.5, 0.6) is 0 Å². The normalized spacial score (nSPS) is 18.9. The summed E-state index contributed by atoms with van der Waals surface area (Å²) in [5, 5.41) is 10.7. The van der Waals surface area contributed by atoms with Crippen LogP contribution < -0.4 is 5.32 Å². The summed E-state index contributed by atoms with van der Waals surface area (Å²) in [5.41, 5.74) is 0.326. The SMILES string of the molecule is O=C(NC1CCCC1)C(c1cccs1)N(C(=O)c1csnn1)C1CC1. The van der Waals surface area contributed by atoms with Crippen molar-refractivity contribution >= 4 is 34.7 Å². The van der Waals surface area contributed by atoms with E-state index in [9.17, 15) is 9.59 Å². The summed E-state index contributed by atoms with van der Waals surface area (Å²) < 4.78 is 3.80. The second-order valence-electron chi connectivity index (χ2n) is 6.64. The molecule has 2 saturated carbocycles. The lowest BCUT2D eigenvalue weighted by atomic mass is 10.1. The molecule has 0 saturated heterocycles. The minimum absolute atomic E-state index is 0.0715. The summed E-state index contributed by atoms with van der Waals surface area (Å²) in [6, 6.07) is 3.62. The first-order chi connectivity index (χ1) is 12.2. The Balaban J connectivity index is 1.63. The van der Waals surface area contributed by atoms with Gasteiger partial charge in [-0.3, -0.25) is 9.59 Å². The first-order valence-corrected chi connectivity index (χ1v) is 10.4. The molecule has 0 bridgehead atoms. The molecule has 2 aromatic rings. The van der Waals surface area contributed by atoms with Gasteiger partial charge in [0, 0.05) is 22.3 Å². The maximum atomic E-state index is 13.1. The number of rotatable bonds is 6. The molecular weight excluding hydrogens is 356 g/mol. The molecule has 1 N–H and O–H groups in total. The topological polar surface area (TPSA) is 75.2 Å². The average molecular weight is 377 g/mol. The molecule has 0 aliphatic heterocycles. The molecule has 2 aromatic heterocycles. The lowest BCUT2D eigenvalue weighted by Crippen LogP contribution is -2.47. The van der Waals surface area contributed by atoms with Gasteiger partial charge in [0.2, 0.25) is 5.91 Å². The number of thiophene rings is 1. The highest BCUT2D eigenvalue weighted by Crippen LogP contribution is 2.37. The quantitative estimate of drug-likeness (QED) is 0.841. The average Bonchev–Trinajstić information content (AvgIpc) is 3.10. The molecule has 1 atom stereocenters. The van der Waals surface area contributed by atoms with Crippen molar-refractivity contribution in [3.05, 3.63) is 33.5 Å². The van der Waals surface area contributed by atoms with Gasteiger partial charge in [0.25, 0.3) is 5.91 Å². The monoisotopic (exact) mass is 376 g/mol. The van der Waals surface area contributed by atoms with Crippen molar-refractivity contribution in [2.75, 3.05) is 0 Å². The zero-order valence-electron chi connectivity index (χ0n) is 13.8. The van der Waals surface area contributed by atoms with Crippen LogP contribution in [0.2, 0.25) is 0 Å². The fraction of sp³-hybridized carbons (Fsp3) is 0.529. The van der Waals surface area contributed by atoms with Gasteiger partial charge >= 0.3 is 0 Å². The third-order valence-electron chi connectivity index (χ3n) is 4.79. The summed E-state index contributed by atoms with van der Waals surface area (Å²) in [6.45, 7) is 0. The summed E-state index contributed by atoms with van der Waals surface area (Å²) in [6.07, 6.45) is 6.23.